The molecule has 0 spiro atoms. The van der Waals surface area contributed by atoms with Crippen LogP contribution < -0.4 is 0 Å². The summed E-state index contributed by atoms with van der Waals surface area (Å²) >= 11 is 0. The average molecular weight is 579 g/mol. The molecule has 0 aromatic heterocycles. The fraction of sp³-hybridized carbons (Fsp3) is 1.00. The predicted molar refractivity (Wildman–Crippen MR) is 120 cm³/mol. The lowest BCUT2D eigenvalue weighted by Gasteiger charge is -2.24. The molecule has 0 atom stereocenters. The van der Waals surface area contributed by atoms with Gasteiger partial charge in [-0.05, 0) is 62.7 Å². The summed E-state index contributed by atoms with van der Waals surface area (Å²) in [5, 5.41) is 0. The Morgan fingerprint density at radius 1 is 0.375 bits per heavy atom. The maximum absolute atomic E-state index is 10.8. The lowest BCUT2D eigenvalue weighted by molar-refractivity contribution is 0.459. The molecular formula is C14H28O12P2S4-4. The van der Waals surface area contributed by atoms with E-state index in [0.29, 0.717) is 37.0 Å². The van der Waals surface area contributed by atoms with Crippen molar-refractivity contribution < 1.29 is 51.9 Å². The first kappa shape index (κ1) is 32.5. The van der Waals surface area contributed by atoms with E-state index in [4.69, 9.17) is 0 Å². The van der Waals surface area contributed by atoms with E-state index in [0.717, 1.165) is 0 Å². The van der Waals surface area contributed by atoms with Crippen molar-refractivity contribution in [3.63, 3.8) is 0 Å². The van der Waals surface area contributed by atoms with Crippen molar-refractivity contribution in [1.82, 2.24) is 0 Å². The summed E-state index contributed by atoms with van der Waals surface area (Å²) in [6.07, 6.45) is 2.84. The molecule has 18 heteroatoms. The zero-order valence-corrected chi connectivity index (χ0v) is 22.4. The number of hydrogen-bond donors (Lipinski definition) is 0. The molecule has 0 radical (unpaired) electrons. The fourth-order valence-corrected chi connectivity index (χ4v) is 11.7. The monoisotopic (exact) mass is 578 g/mol. The van der Waals surface area contributed by atoms with Crippen LogP contribution in [0.15, 0.2) is 0 Å². The molecule has 0 aromatic rings. The highest BCUT2D eigenvalue weighted by molar-refractivity contribution is 7.86. The lowest BCUT2D eigenvalue weighted by Crippen LogP contribution is -2.12. The van der Waals surface area contributed by atoms with Gasteiger partial charge < -0.3 is 18.2 Å². The van der Waals surface area contributed by atoms with Crippen LogP contribution in [0.1, 0.15) is 25.7 Å². The van der Waals surface area contributed by atoms with Gasteiger partial charge in [-0.15, -0.1) is 15.8 Å². The van der Waals surface area contributed by atoms with E-state index in [9.17, 15) is 51.9 Å². The Balaban J connectivity index is 4.97. The van der Waals surface area contributed by atoms with Gasteiger partial charge in [0.2, 0.25) is 0 Å². The molecule has 0 saturated heterocycles. The molecule has 32 heavy (non-hydrogen) atoms. The quantitative estimate of drug-likeness (QED) is 0.142. The molecule has 0 aliphatic carbocycles. The molecular weight excluding hydrogens is 550 g/mol. The van der Waals surface area contributed by atoms with Crippen molar-refractivity contribution in [3.05, 3.63) is 0 Å². The summed E-state index contributed by atoms with van der Waals surface area (Å²) in [5.74, 6) is -2.27. The molecule has 0 saturated carbocycles. The topological polar surface area (TPSA) is 229 Å². The highest BCUT2D eigenvalue weighted by atomic mass is 32.2. The first-order valence-corrected chi connectivity index (χ1v) is 19.7. The first-order valence-electron chi connectivity index (χ1n) is 9.55. The number of hydrogen-bond acceptors (Lipinski definition) is 12. The van der Waals surface area contributed by atoms with Crippen molar-refractivity contribution >= 4 is 56.3 Å². The van der Waals surface area contributed by atoms with Gasteiger partial charge >= 0.3 is 0 Å². The van der Waals surface area contributed by atoms with E-state index >= 15 is 0 Å². The summed E-state index contributed by atoms with van der Waals surface area (Å²) < 4.78 is 130. The minimum atomic E-state index is -4.40. The summed E-state index contributed by atoms with van der Waals surface area (Å²) in [6, 6.07) is 0. The van der Waals surface area contributed by atoms with Gasteiger partial charge in [0.05, 0.1) is 40.5 Å². The molecule has 12 nitrogen and oxygen atoms in total. The van der Waals surface area contributed by atoms with Crippen molar-refractivity contribution in [1.29, 1.82) is 0 Å². The second-order valence-corrected chi connectivity index (χ2v) is 18.6. The minimum absolute atomic E-state index is 0.0858. The molecule has 0 aliphatic heterocycles. The second-order valence-electron chi connectivity index (χ2n) is 7.14. The molecule has 0 bridgehead atoms. The van der Waals surface area contributed by atoms with Crippen LogP contribution in [-0.4, -0.2) is 112 Å². The van der Waals surface area contributed by atoms with E-state index in [1.54, 1.807) is 0 Å². The normalized spacial score (nSPS) is 13.8. The van der Waals surface area contributed by atoms with Gasteiger partial charge in [-0.2, -0.15) is 0 Å². The van der Waals surface area contributed by atoms with E-state index in [-0.39, 0.29) is 25.7 Å². The molecule has 0 aromatic carbocycles. The smallest absolute Gasteiger partial charge is 0.0946 e. The van der Waals surface area contributed by atoms with Gasteiger partial charge in [0.15, 0.2) is 0 Å². The molecule has 194 valence electrons. The third-order valence-electron chi connectivity index (χ3n) is 4.21. The van der Waals surface area contributed by atoms with Gasteiger partial charge in [-0.3, -0.25) is 0 Å². The third kappa shape index (κ3) is 23.7. The van der Waals surface area contributed by atoms with Crippen molar-refractivity contribution in [2.75, 3.05) is 60.0 Å². The molecule has 0 unspecified atom stereocenters. The summed E-state index contributed by atoms with van der Waals surface area (Å²) in [4.78, 5) is 0. The van der Waals surface area contributed by atoms with E-state index in [2.05, 4.69) is 0 Å². The van der Waals surface area contributed by atoms with E-state index in [1.807, 2.05) is 0 Å². The molecule has 0 aliphatic rings. The van der Waals surface area contributed by atoms with Crippen molar-refractivity contribution in [3.8, 4) is 0 Å². The van der Waals surface area contributed by atoms with E-state index < -0.39 is 79.3 Å². The van der Waals surface area contributed by atoms with Crippen LogP contribution in [0.3, 0.4) is 0 Å². The third-order valence-corrected chi connectivity index (χ3v) is 13.2. The Bertz CT molecular complexity index is 805. The highest BCUT2D eigenvalue weighted by Crippen LogP contribution is 2.44. The Labute approximate surface area is 193 Å². The van der Waals surface area contributed by atoms with Gasteiger partial charge in [0, 0.05) is 23.0 Å². The minimum Gasteiger partial charge on any atom is -0.748 e. The van der Waals surface area contributed by atoms with Crippen LogP contribution in [0.4, 0.5) is 0 Å². The maximum atomic E-state index is 10.8. The van der Waals surface area contributed by atoms with Crippen molar-refractivity contribution in [2.45, 2.75) is 25.7 Å². The zero-order chi connectivity index (χ0) is 25.1. The first-order chi connectivity index (χ1) is 14.4. The molecule has 0 N–H and O–H groups in total. The van der Waals surface area contributed by atoms with Crippen LogP contribution in [0.2, 0.25) is 0 Å². The fourth-order valence-electron chi connectivity index (χ4n) is 2.81. The Kier molecular flexibility index (Phi) is 15.0. The molecule has 0 rings (SSSR count). The molecule has 0 fully saturated rings. The standard InChI is InChI=1S/C14H32O12P2S4/c15-29(16,17)11-1-5-27(6-2-12-30(18,19)20)9-10-28(7-3-13-31(21,22)23)8-4-14-32(24,25)26/h1-14H2,(H,15,16,17)(H,18,19,20)(H,21,22,23)(H,24,25,26)/p-4. The van der Waals surface area contributed by atoms with Gasteiger partial charge in [0.25, 0.3) is 0 Å². The zero-order valence-electron chi connectivity index (χ0n) is 17.3. The van der Waals surface area contributed by atoms with Crippen LogP contribution in [0.25, 0.3) is 0 Å². The Hall–Kier alpha value is 0.500. The predicted octanol–water partition coefficient (Wildman–Crippen LogP) is -0.309. The van der Waals surface area contributed by atoms with Crippen LogP contribution in [-0.2, 0) is 40.5 Å². The van der Waals surface area contributed by atoms with Crippen LogP contribution in [0, 0.1) is 0 Å². The van der Waals surface area contributed by atoms with Gasteiger partial charge in [-0.1, -0.05) is 0 Å². The lowest BCUT2D eigenvalue weighted by atomic mass is 10.6. The van der Waals surface area contributed by atoms with Crippen LogP contribution >= 0.6 is 15.8 Å². The summed E-state index contributed by atoms with van der Waals surface area (Å²) in [6.45, 7) is 0. The Morgan fingerprint density at radius 2 is 0.562 bits per heavy atom. The summed E-state index contributed by atoms with van der Waals surface area (Å²) in [7, 11) is -19.5. The second kappa shape index (κ2) is 14.8. The summed E-state index contributed by atoms with van der Waals surface area (Å²) in [5.41, 5.74) is 0. The largest absolute Gasteiger partial charge is 0.748 e. The van der Waals surface area contributed by atoms with E-state index in [1.165, 1.54) is 0 Å². The maximum Gasteiger partial charge on any atom is 0.0946 e. The highest BCUT2D eigenvalue weighted by Gasteiger charge is 2.15. The van der Waals surface area contributed by atoms with Gasteiger partial charge in [-0.25, -0.2) is 33.7 Å². The van der Waals surface area contributed by atoms with Gasteiger partial charge in [0.1, 0.15) is 0 Å². The molecule has 0 amide bonds. The van der Waals surface area contributed by atoms with Crippen LogP contribution in [0.5, 0.6) is 0 Å². The average Bonchev–Trinajstić information content (AvgIpc) is 2.54. The SMILES string of the molecule is O=S(=O)([O-])CCCP(CCCS(=O)(=O)[O-])CCP(CCCS(=O)(=O)[O-])CCCS(=O)(=O)[O-]. The Morgan fingerprint density at radius 3 is 0.719 bits per heavy atom. The van der Waals surface area contributed by atoms with Crippen molar-refractivity contribution in [2.24, 2.45) is 0 Å². The number of rotatable bonds is 19. The molecule has 0 heterocycles.